The molecule has 3 fully saturated rings. The second-order valence-electron chi connectivity index (χ2n) is 13.4. The standard InChI is InChI=1S/C36H35F2N9O7S/c1-45-31-19-39-10-9-25(31)33(49)47(36(45)52)23-6-5-22(40-18-23)13-30(34(50)51)43-32(48)26-14-28(38)29(15-27(26)37)44-55(53,54)24-7-3-20(4-8-24)21-16-41-35(42-17-21)46-11-2-12-46/h3-8,14-18,25,30-31,39,44H,2,9-13,19H2,1H3,(H,43,48)(H,50,51)/t25?,30-,31?/m0/s1. The van der Waals surface area contributed by atoms with Crippen molar-refractivity contribution in [2.75, 3.05) is 47.7 Å². The molecule has 3 aliphatic rings. The molecule has 0 bridgehead atoms. The maximum atomic E-state index is 15.2. The number of imide groups is 1. The van der Waals surface area contributed by atoms with E-state index in [1.54, 1.807) is 19.4 Å². The third-order valence-electron chi connectivity index (χ3n) is 9.88. The van der Waals surface area contributed by atoms with Crippen molar-refractivity contribution in [2.24, 2.45) is 5.92 Å². The van der Waals surface area contributed by atoms with Crippen molar-refractivity contribution in [3.05, 3.63) is 90.0 Å². The monoisotopic (exact) mass is 775 g/mol. The number of aromatic nitrogens is 3. The van der Waals surface area contributed by atoms with Crippen molar-refractivity contribution in [3.8, 4) is 11.1 Å². The van der Waals surface area contributed by atoms with Gasteiger partial charge in [-0.05, 0) is 55.3 Å². The fourth-order valence-corrected chi connectivity index (χ4v) is 7.69. The molecule has 2 unspecified atom stereocenters. The minimum absolute atomic E-state index is 0.152. The summed E-state index contributed by atoms with van der Waals surface area (Å²) in [7, 11) is -2.80. The molecule has 16 nitrogen and oxygen atoms in total. The summed E-state index contributed by atoms with van der Waals surface area (Å²) in [6.45, 7) is 2.89. The summed E-state index contributed by atoms with van der Waals surface area (Å²) < 4.78 is 58.5. The Kier molecular flexibility index (Phi) is 10.1. The third kappa shape index (κ3) is 7.52. The van der Waals surface area contributed by atoms with Gasteiger partial charge in [-0.15, -0.1) is 0 Å². The number of benzene rings is 2. The van der Waals surface area contributed by atoms with Crippen LogP contribution in [0.4, 0.5) is 30.9 Å². The van der Waals surface area contributed by atoms with Crippen molar-refractivity contribution < 1.29 is 41.5 Å². The van der Waals surface area contributed by atoms with Gasteiger partial charge >= 0.3 is 12.0 Å². The van der Waals surface area contributed by atoms with Gasteiger partial charge in [-0.3, -0.25) is 19.3 Å². The van der Waals surface area contributed by atoms with Crippen molar-refractivity contribution in [1.82, 2.24) is 30.5 Å². The molecule has 2 aromatic heterocycles. The first-order valence-corrected chi connectivity index (χ1v) is 18.8. The zero-order valence-electron chi connectivity index (χ0n) is 29.3. The van der Waals surface area contributed by atoms with Gasteiger partial charge in [-0.2, -0.15) is 0 Å². The van der Waals surface area contributed by atoms with E-state index in [-0.39, 0.29) is 28.2 Å². The van der Waals surface area contributed by atoms with Crippen LogP contribution in [-0.4, -0.2) is 103 Å². The second kappa shape index (κ2) is 15.0. The van der Waals surface area contributed by atoms with Crippen molar-refractivity contribution in [3.63, 3.8) is 0 Å². The summed E-state index contributed by atoms with van der Waals surface area (Å²) in [5, 5.41) is 15.1. The van der Waals surface area contributed by atoms with Gasteiger partial charge in [0.2, 0.25) is 11.9 Å². The Labute approximate surface area is 313 Å². The highest BCUT2D eigenvalue weighted by Crippen LogP contribution is 2.31. The van der Waals surface area contributed by atoms with Gasteiger partial charge in [-0.25, -0.2) is 41.7 Å². The maximum absolute atomic E-state index is 15.2. The predicted octanol–water partition coefficient (Wildman–Crippen LogP) is 2.63. The average Bonchev–Trinajstić information content (AvgIpc) is 3.15. The van der Waals surface area contributed by atoms with Crippen molar-refractivity contribution in [2.45, 2.75) is 36.2 Å². The van der Waals surface area contributed by atoms with Crippen LogP contribution in [0.2, 0.25) is 0 Å². The number of anilines is 3. The Morgan fingerprint density at radius 1 is 0.982 bits per heavy atom. The molecule has 0 saturated carbocycles. The lowest BCUT2D eigenvalue weighted by atomic mass is 9.88. The quantitative estimate of drug-likeness (QED) is 0.174. The highest BCUT2D eigenvalue weighted by atomic mass is 32.2. The molecule has 0 aliphatic carbocycles. The molecule has 7 rings (SSSR count). The minimum Gasteiger partial charge on any atom is -0.480 e. The zero-order valence-corrected chi connectivity index (χ0v) is 30.1. The summed E-state index contributed by atoms with van der Waals surface area (Å²) in [6, 6.07) is 6.88. The minimum atomic E-state index is -4.41. The summed E-state index contributed by atoms with van der Waals surface area (Å²) >= 11 is 0. The SMILES string of the molecule is CN1C(=O)N(c2ccc(C[C@H](NC(=O)c3cc(F)c(NS(=O)(=O)c4ccc(-c5cnc(N6CCC6)nc5)cc4)cc3F)C(=O)O)nc2)C(=O)C2CCNCC21. The smallest absolute Gasteiger partial charge is 0.331 e. The number of amides is 4. The molecule has 3 aliphatic heterocycles. The first kappa shape index (κ1) is 37.2. The average molecular weight is 776 g/mol. The molecule has 4 amide bonds. The van der Waals surface area contributed by atoms with Crippen LogP contribution in [-0.2, 0) is 26.0 Å². The van der Waals surface area contributed by atoms with Crippen molar-refractivity contribution in [1.29, 1.82) is 0 Å². The van der Waals surface area contributed by atoms with Crippen LogP contribution in [0.5, 0.6) is 0 Å². The van der Waals surface area contributed by atoms with Gasteiger partial charge in [0, 0.05) is 62.8 Å². The van der Waals surface area contributed by atoms with Crippen molar-refractivity contribution >= 4 is 51.2 Å². The summed E-state index contributed by atoms with van der Waals surface area (Å²) in [4.78, 5) is 68.5. The summed E-state index contributed by atoms with van der Waals surface area (Å²) in [6.07, 6.45) is 5.71. The third-order valence-corrected chi connectivity index (χ3v) is 11.3. The number of rotatable bonds is 11. The molecule has 4 aromatic rings. The van der Waals surface area contributed by atoms with Crippen LogP contribution in [0.3, 0.4) is 0 Å². The van der Waals surface area contributed by atoms with E-state index >= 15 is 8.78 Å². The van der Waals surface area contributed by atoms with E-state index in [0.717, 1.165) is 24.4 Å². The highest BCUT2D eigenvalue weighted by molar-refractivity contribution is 7.92. The van der Waals surface area contributed by atoms with E-state index in [4.69, 9.17) is 0 Å². The van der Waals surface area contributed by atoms with Gasteiger partial charge in [0.25, 0.3) is 15.9 Å². The van der Waals surface area contributed by atoms with E-state index in [9.17, 15) is 32.7 Å². The number of nitrogens with one attached hydrogen (secondary N) is 3. The van der Waals surface area contributed by atoms with Gasteiger partial charge < -0.3 is 25.5 Å². The number of halogens is 2. The summed E-state index contributed by atoms with van der Waals surface area (Å²) in [5.74, 6) is -5.56. The van der Waals surface area contributed by atoms with Crippen LogP contribution >= 0.6 is 0 Å². The Morgan fingerprint density at radius 2 is 1.71 bits per heavy atom. The number of carboxylic acid groups (broad SMARTS) is 1. The van der Waals surface area contributed by atoms with Gasteiger partial charge in [0.05, 0.1) is 40.0 Å². The number of sulfonamides is 1. The second-order valence-corrected chi connectivity index (χ2v) is 15.0. The number of carbonyl (C=O) groups excluding carboxylic acids is 3. The first-order valence-electron chi connectivity index (χ1n) is 17.3. The molecule has 55 heavy (non-hydrogen) atoms. The molecule has 2 aromatic carbocycles. The molecule has 286 valence electrons. The number of carboxylic acids is 1. The fourth-order valence-electron chi connectivity index (χ4n) is 6.63. The van der Waals surface area contributed by atoms with Crippen LogP contribution < -0.4 is 25.2 Å². The van der Waals surface area contributed by atoms with Gasteiger partial charge in [0.1, 0.15) is 17.7 Å². The number of hydrogen-bond donors (Lipinski definition) is 4. The van der Waals surface area contributed by atoms with Crippen LogP contribution in [0.15, 0.2) is 72.0 Å². The Morgan fingerprint density at radius 3 is 2.35 bits per heavy atom. The zero-order chi connectivity index (χ0) is 39.0. The van der Waals surface area contributed by atoms with Crippen LogP contribution in [0.1, 0.15) is 28.9 Å². The number of fused-ring (bicyclic) bond motifs is 1. The highest BCUT2D eigenvalue weighted by Gasteiger charge is 2.46. The lowest BCUT2D eigenvalue weighted by molar-refractivity contribution is -0.139. The topological polar surface area (TPSA) is 207 Å². The number of aliphatic carboxylic acids is 1. The van der Waals surface area contributed by atoms with E-state index in [0.29, 0.717) is 48.7 Å². The number of hydrogen-bond acceptors (Lipinski definition) is 11. The Hall–Kier alpha value is -6.08. The fraction of sp³-hybridized carbons (Fsp3) is 0.306. The Balaban J connectivity index is 0.996. The molecular formula is C36H35F2N9O7S. The van der Waals surface area contributed by atoms with E-state index in [2.05, 4.69) is 25.6 Å². The van der Waals surface area contributed by atoms with E-state index in [1.165, 1.54) is 47.5 Å². The van der Waals surface area contributed by atoms with E-state index < -0.39 is 69.2 Å². The summed E-state index contributed by atoms with van der Waals surface area (Å²) in [5.41, 5.74) is -0.0396. The van der Waals surface area contributed by atoms with Gasteiger partial charge in [0.15, 0.2) is 0 Å². The van der Waals surface area contributed by atoms with Crippen LogP contribution in [0, 0.1) is 17.6 Å². The maximum Gasteiger partial charge on any atom is 0.331 e. The largest absolute Gasteiger partial charge is 0.480 e. The normalized spacial score (nSPS) is 19.0. The lowest BCUT2D eigenvalue weighted by Crippen LogP contribution is -2.65. The number of likely N-dealkylation sites (N-methyl/N-ethyl adjacent to an activating group) is 1. The number of piperidine rings is 1. The number of urea groups is 1. The molecular weight excluding hydrogens is 741 g/mol. The Bertz CT molecular complexity index is 2260. The number of carbonyl (C=O) groups is 4. The van der Waals surface area contributed by atoms with Crippen LogP contribution in [0.25, 0.3) is 11.1 Å². The molecule has 19 heteroatoms. The first-order chi connectivity index (χ1) is 26.3. The molecule has 4 N–H and O–H groups in total. The number of nitrogens with zero attached hydrogens (tertiary/aromatic N) is 6. The van der Waals surface area contributed by atoms with E-state index in [1.807, 2.05) is 9.62 Å². The van der Waals surface area contributed by atoms with Gasteiger partial charge in [-0.1, -0.05) is 12.1 Å². The molecule has 3 atom stereocenters. The molecule has 3 saturated heterocycles. The predicted molar refractivity (Wildman–Crippen MR) is 194 cm³/mol. The number of pyridine rings is 1. The molecule has 5 heterocycles. The lowest BCUT2D eigenvalue weighted by Gasteiger charge is -2.45. The molecule has 0 radical (unpaired) electrons. The molecule has 0 spiro atoms.